The molecule has 1 amide bonds. The molecule has 0 bridgehead atoms. The summed E-state index contributed by atoms with van der Waals surface area (Å²) in [5, 5.41) is 32.1. The second-order valence-corrected chi connectivity index (χ2v) is 6.42. The van der Waals surface area contributed by atoms with Crippen molar-refractivity contribution in [1.29, 1.82) is 5.26 Å². The summed E-state index contributed by atoms with van der Waals surface area (Å²) in [7, 11) is 0. The van der Waals surface area contributed by atoms with E-state index in [4.69, 9.17) is 4.74 Å². The van der Waals surface area contributed by atoms with E-state index < -0.39 is 10.8 Å². The second kappa shape index (κ2) is 9.71. The Kier molecular flexibility index (Phi) is 6.60. The number of phenolic OH excluding ortho intramolecular Hbond substituents is 1. The third-order valence-corrected chi connectivity index (χ3v) is 4.25. The molecule has 3 rings (SSSR count). The van der Waals surface area contributed by atoms with Crippen molar-refractivity contribution in [3.05, 3.63) is 99.6 Å². The minimum Gasteiger partial charge on any atom is -0.508 e. The molecule has 0 radical (unpaired) electrons. The number of hydrogen-bond acceptors (Lipinski definition) is 6. The Hall–Kier alpha value is -4.64. The Balaban J connectivity index is 1.75. The van der Waals surface area contributed by atoms with E-state index in [-0.39, 0.29) is 23.6 Å². The monoisotopic (exact) mass is 415 g/mol. The molecule has 0 aromatic heterocycles. The smallest absolute Gasteiger partial charge is 0.269 e. The number of nitriles is 1. The van der Waals surface area contributed by atoms with Crippen LogP contribution < -0.4 is 10.1 Å². The molecule has 0 fully saturated rings. The highest BCUT2D eigenvalue weighted by molar-refractivity contribution is 6.09. The molecular weight excluding hydrogens is 398 g/mol. The number of carbonyl (C=O) groups is 1. The Morgan fingerprint density at radius 2 is 1.77 bits per heavy atom. The third kappa shape index (κ3) is 5.68. The van der Waals surface area contributed by atoms with Gasteiger partial charge in [0.1, 0.15) is 29.7 Å². The summed E-state index contributed by atoms with van der Waals surface area (Å²) in [5.41, 5.74) is 1.56. The second-order valence-electron chi connectivity index (χ2n) is 6.42. The summed E-state index contributed by atoms with van der Waals surface area (Å²) >= 11 is 0. The highest BCUT2D eigenvalue weighted by atomic mass is 16.6. The van der Waals surface area contributed by atoms with Crippen molar-refractivity contribution in [1.82, 2.24) is 0 Å². The highest BCUT2D eigenvalue weighted by Gasteiger charge is 2.12. The van der Waals surface area contributed by atoms with Gasteiger partial charge in [0.05, 0.1) is 4.92 Å². The van der Waals surface area contributed by atoms with Crippen LogP contribution in [-0.2, 0) is 11.4 Å². The molecule has 0 heterocycles. The molecule has 0 atom stereocenters. The molecule has 0 aliphatic carbocycles. The number of nitro benzene ring substituents is 1. The number of ether oxygens (including phenoxy) is 1. The van der Waals surface area contributed by atoms with Crippen LogP contribution >= 0.6 is 0 Å². The van der Waals surface area contributed by atoms with Crippen LogP contribution in [0.3, 0.4) is 0 Å². The fourth-order valence-corrected chi connectivity index (χ4v) is 2.65. The zero-order valence-electron chi connectivity index (χ0n) is 16.2. The predicted molar refractivity (Wildman–Crippen MR) is 114 cm³/mol. The maximum atomic E-state index is 12.5. The first-order valence-corrected chi connectivity index (χ1v) is 9.13. The van der Waals surface area contributed by atoms with E-state index in [2.05, 4.69) is 5.32 Å². The van der Waals surface area contributed by atoms with Crippen LogP contribution in [0.1, 0.15) is 11.1 Å². The van der Waals surface area contributed by atoms with Gasteiger partial charge in [-0.15, -0.1) is 0 Å². The summed E-state index contributed by atoms with van der Waals surface area (Å²) in [6.07, 6.45) is 1.42. The lowest BCUT2D eigenvalue weighted by molar-refractivity contribution is -0.384. The van der Waals surface area contributed by atoms with Gasteiger partial charge in [-0.2, -0.15) is 5.26 Å². The van der Waals surface area contributed by atoms with Gasteiger partial charge in [-0.1, -0.05) is 18.2 Å². The Labute approximate surface area is 177 Å². The summed E-state index contributed by atoms with van der Waals surface area (Å²) in [6.45, 7) is 0.157. The number of rotatable bonds is 7. The lowest BCUT2D eigenvalue weighted by Crippen LogP contribution is -2.13. The number of anilines is 1. The number of aromatic hydroxyl groups is 1. The number of nitrogens with one attached hydrogen (secondary N) is 1. The van der Waals surface area contributed by atoms with Crippen molar-refractivity contribution in [2.75, 3.05) is 5.32 Å². The van der Waals surface area contributed by atoms with Gasteiger partial charge < -0.3 is 15.2 Å². The van der Waals surface area contributed by atoms with Gasteiger partial charge in [0.25, 0.3) is 11.6 Å². The molecule has 0 aliphatic heterocycles. The molecular formula is C23H17N3O5. The first kappa shape index (κ1) is 21.1. The molecule has 0 spiro atoms. The lowest BCUT2D eigenvalue weighted by Gasteiger charge is -2.10. The zero-order valence-corrected chi connectivity index (χ0v) is 16.2. The lowest BCUT2D eigenvalue weighted by atomic mass is 10.1. The van der Waals surface area contributed by atoms with Crippen LogP contribution in [0, 0.1) is 21.4 Å². The fraction of sp³-hybridized carbons (Fsp3) is 0.0435. The van der Waals surface area contributed by atoms with Gasteiger partial charge in [-0.05, 0) is 54.1 Å². The van der Waals surface area contributed by atoms with Gasteiger partial charge >= 0.3 is 0 Å². The van der Waals surface area contributed by atoms with E-state index in [0.29, 0.717) is 17.0 Å². The van der Waals surface area contributed by atoms with Crippen LogP contribution in [0.2, 0.25) is 0 Å². The number of non-ortho nitro benzene ring substituents is 1. The number of para-hydroxylation sites is 1. The van der Waals surface area contributed by atoms with Gasteiger partial charge in [-0.25, -0.2) is 0 Å². The van der Waals surface area contributed by atoms with Gasteiger partial charge in [0, 0.05) is 23.4 Å². The summed E-state index contributed by atoms with van der Waals surface area (Å²) < 4.78 is 5.80. The first-order chi connectivity index (χ1) is 15.0. The molecule has 3 aromatic rings. The van der Waals surface area contributed by atoms with Crippen molar-refractivity contribution < 1.29 is 19.6 Å². The van der Waals surface area contributed by atoms with E-state index in [1.54, 1.807) is 36.4 Å². The first-order valence-electron chi connectivity index (χ1n) is 9.13. The van der Waals surface area contributed by atoms with E-state index in [1.807, 2.05) is 6.07 Å². The topological polar surface area (TPSA) is 125 Å². The van der Waals surface area contributed by atoms with Crippen molar-refractivity contribution >= 4 is 23.4 Å². The van der Waals surface area contributed by atoms with E-state index in [0.717, 1.165) is 5.56 Å². The molecule has 8 nitrogen and oxygen atoms in total. The zero-order chi connectivity index (χ0) is 22.2. The van der Waals surface area contributed by atoms with Crippen LogP contribution in [-0.4, -0.2) is 15.9 Å². The number of phenols is 1. The van der Waals surface area contributed by atoms with Crippen molar-refractivity contribution in [2.24, 2.45) is 0 Å². The van der Waals surface area contributed by atoms with E-state index in [1.165, 1.54) is 42.5 Å². The molecule has 0 aliphatic rings. The normalized spacial score (nSPS) is 10.7. The third-order valence-electron chi connectivity index (χ3n) is 4.25. The molecule has 0 unspecified atom stereocenters. The summed E-state index contributed by atoms with van der Waals surface area (Å²) in [6, 6.07) is 20.7. The maximum absolute atomic E-state index is 12.5. The van der Waals surface area contributed by atoms with Crippen LogP contribution in [0.5, 0.6) is 11.5 Å². The highest BCUT2D eigenvalue weighted by Crippen LogP contribution is 2.23. The molecule has 0 saturated carbocycles. The average Bonchev–Trinajstić information content (AvgIpc) is 2.78. The number of nitro groups is 1. The number of amides is 1. The predicted octanol–water partition coefficient (Wildman–Crippen LogP) is 4.43. The number of carbonyl (C=O) groups excluding carboxylic acids is 1. The van der Waals surface area contributed by atoms with Gasteiger partial charge in [0.2, 0.25) is 0 Å². The number of hydrogen-bond donors (Lipinski definition) is 2. The standard InChI is InChI=1S/C23H17N3O5/c24-14-18(23(28)25-19-7-11-21(27)12-8-19)13-17-3-1-2-4-22(17)31-15-16-5-9-20(10-6-16)26(29)30/h1-13,27H,15H2,(H,25,28)/b18-13+. The van der Waals surface area contributed by atoms with Crippen LogP contribution in [0.25, 0.3) is 6.08 Å². The average molecular weight is 415 g/mol. The molecule has 0 saturated heterocycles. The Morgan fingerprint density at radius 3 is 2.42 bits per heavy atom. The van der Waals surface area contributed by atoms with Crippen molar-refractivity contribution in [3.63, 3.8) is 0 Å². The largest absolute Gasteiger partial charge is 0.508 e. The minimum atomic E-state index is -0.599. The fourth-order valence-electron chi connectivity index (χ4n) is 2.65. The van der Waals surface area contributed by atoms with Crippen LogP contribution in [0.4, 0.5) is 11.4 Å². The summed E-state index contributed by atoms with van der Waals surface area (Å²) in [4.78, 5) is 22.7. The van der Waals surface area contributed by atoms with Gasteiger partial charge in [0.15, 0.2) is 0 Å². The molecule has 31 heavy (non-hydrogen) atoms. The van der Waals surface area contributed by atoms with Crippen molar-refractivity contribution in [3.8, 4) is 17.6 Å². The van der Waals surface area contributed by atoms with Gasteiger partial charge in [-0.3, -0.25) is 14.9 Å². The number of benzene rings is 3. The summed E-state index contributed by atoms with van der Waals surface area (Å²) in [5.74, 6) is -0.0856. The van der Waals surface area contributed by atoms with Crippen LogP contribution in [0.15, 0.2) is 78.4 Å². The minimum absolute atomic E-state index is 0.00890. The molecule has 8 heteroatoms. The van der Waals surface area contributed by atoms with E-state index in [9.17, 15) is 25.3 Å². The molecule has 3 aromatic carbocycles. The van der Waals surface area contributed by atoms with Crippen molar-refractivity contribution in [2.45, 2.75) is 6.61 Å². The quantitative estimate of drug-likeness (QED) is 0.193. The molecule has 2 N–H and O–H groups in total. The SMILES string of the molecule is N#C/C(=C\c1ccccc1OCc1ccc([N+](=O)[O-])cc1)C(=O)Nc1ccc(O)cc1. The Morgan fingerprint density at radius 1 is 1.10 bits per heavy atom. The van der Waals surface area contributed by atoms with E-state index >= 15 is 0 Å². The molecule has 154 valence electrons. The maximum Gasteiger partial charge on any atom is 0.269 e. The number of nitrogens with zero attached hydrogens (tertiary/aromatic N) is 2. The Bertz CT molecular complexity index is 1160.